The molecule has 1 aliphatic rings. The van der Waals surface area contributed by atoms with Crippen molar-refractivity contribution >= 4 is 17.6 Å². The Balaban J connectivity index is 1.74. The van der Waals surface area contributed by atoms with Gasteiger partial charge in [-0.25, -0.2) is 4.98 Å². The molecule has 6 nitrogen and oxygen atoms in total. The number of rotatable bonds is 5. The van der Waals surface area contributed by atoms with Crippen LogP contribution in [-0.4, -0.2) is 33.8 Å². The van der Waals surface area contributed by atoms with Crippen LogP contribution in [-0.2, 0) is 0 Å². The molecule has 0 aromatic carbocycles. The normalized spacial score (nSPS) is 14.4. The van der Waals surface area contributed by atoms with Crippen LogP contribution in [0, 0.1) is 0 Å². The highest BCUT2D eigenvalue weighted by atomic mass is 15.3. The maximum atomic E-state index is 4.46. The number of hydrogen-bond donors (Lipinski definition) is 2. The molecule has 0 saturated heterocycles. The third kappa shape index (κ3) is 2.67. The molecular weight excluding hydrogens is 240 g/mol. The summed E-state index contributed by atoms with van der Waals surface area (Å²) < 4.78 is 0. The molecular formula is C13H18N6. The number of nitrogens with zero attached hydrogens (tertiary/aromatic N) is 4. The highest BCUT2D eigenvalue weighted by Crippen LogP contribution is 2.39. The summed E-state index contributed by atoms with van der Waals surface area (Å²) in [4.78, 5) is 10.7. The summed E-state index contributed by atoms with van der Waals surface area (Å²) in [5.74, 6) is 2.96. The second-order valence-corrected chi connectivity index (χ2v) is 4.86. The second kappa shape index (κ2) is 4.87. The monoisotopic (exact) mass is 258 g/mol. The number of aromatic amines is 1. The SMILES string of the molecule is CCN(C)c1nccc(Nc2cc(C3CC3)[nH]n2)n1. The molecule has 1 saturated carbocycles. The Labute approximate surface area is 112 Å². The van der Waals surface area contributed by atoms with E-state index in [0.29, 0.717) is 11.9 Å². The third-order valence-electron chi connectivity index (χ3n) is 3.33. The number of anilines is 3. The van der Waals surface area contributed by atoms with Gasteiger partial charge >= 0.3 is 0 Å². The summed E-state index contributed by atoms with van der Waals surface area (Å²) in [5.41, 5.74) is 1.21. The van der Waals surface area contributed by atoms with Crippen molar-refractivity contribution in [2.24, 2.45) is 0 Å². The molecule has 0 atom stereocenters. The molecule has 0 unspecified atom stereocenters. The van der Waals surface area contributed by atoms with Gasteiger partial charge in [0.1, 0.15) is 5.82 Å². The highest BCUT2D eigenvalue weighted by Gasteiger charge is 2.25. The molecule has 0 spiro atoms. The standard InChI is InChI=1S/C13H18N6/c1-3-19(2)13-14-7-6-11(16-13)15-12-8-10(17-18-12)9-4-5-9/h6-9H,3-5H2,1-2H3,(H2,14,15,16,17,18). The van der Waals surface area contributed by atoms with E-state index in [2.05, 4.69) is 38.5 Å². The Morgan fingerprint density at radius 2 is 2.26 bits per heavy atom. The molecule has 1 fully saturated rings. The van der Waals surface area contributed by atoms with E-state index < -0.39 is 0 Å². The molecule has 0 radical (unpaired) electrons. The molecule has 100 valence electrons. The molecule has 6 heteroatoms. The van der Waals surface area contributed by atoms with Crippen molar-refractivity contribution in [3.8, 4) is 0 Å². The van der Waals surface area contributed by atoms with Gasteiger partial charge in [-0.2, -0.15) is 10.1 Å². The highest BCUT2D eigenvalue weighted by molar-refractivity contribution is 5.53. The number of hydrogen-bond acceptors (Lipinski definition) is 5. The van der Waals surface area contributed by atoms with E-state index in [1.165, 1.54) is 18.5 Å². The van der Waals surface area contributed by atoms with Crippen LogP contribution in [0.1, 0.15) is 31.4 Å². The van der Waals surface area contributed by atoms with E-state index in [0.717, 1.165) is 18.2 Å². The summed E-state index contributed by atoms with van der Waals surface area (Å²) in [6.45, 7) is 2.94. The summed E-state index contributed by atoms with van der Waals surface area (Å²) in [7, 11) is 1.97. The quantitative estimate of drug-likeness (QED) is 0.861. The molecule has 19 heavy (non-hydrogen) atoms. The van der Waals surface area contributed by atoms with Crippen molar-refractivity contribution in [3.05, 3.63) is 24.0 Å². The van der Waals surface area contributed by atoms with Crippen molar-refractivity contribution in [1.29, 1.82) is 0 Å². The van der Waals surface area contributed by atoms with Gasteiger partial charge < -0.3 is 10.2 Å². The van der Waals surface area contributed by atoms with Crippen molar-refractivity contribution in [3.63, 3.8) is 0 Å². The van der Waals surface area contributed by atoms with Gasteiger partial charge in [-0.1, -0.05) is 0 Å². The average Bonchev–Trinajstić information content (AvgIpc) is 3.19. The summed E-state index contributed by atoms with van der Waals surface area (Å²) in [6.07, 6.45) is 4.28. The van der Waals surface area contributed by atoms with Gasteiger partial charge in [-0.05, 0) is 25.8 Å². The second-order valence-electron chi connectivity index (χ2n) is 4.86. The topological polar surface area (TPSA) is 69.7 Å². The lowest BCUT2D eigenvalue weighted by atomic mass is 10.3. The van der Waals surface area contributed by atoms with Crippen LogP contribution >= 0.6 is 0 Å². The third-order valence-corrected chi connectivity index (χ3v) is 3.33. The minimum atomic E-state index is 0.676. The lowest BCUT2D eigenvalue weighted by Gasteiger charge is -2.14. The van der Waals surface area contributed by atoms with E-state index in [1.54, 1.807) is 6.20 Å². The van der Waals surface area contributed by atoms with Crippen LogP contribution in [0.3, 0.4) is 0 Å². The molecule has 2 aromatic rings. The van der Waals surface area contributed by atoms with E-state index >= 15 is 0 Å². The molecule has 2 heterocycles. The number of aromatic nitrogens is 4. The average molecular weight is 258 g/mol. The Morgan fingerprint density at radius 3 is 3.00 bits per heavy atom. The summed E-state index contributed by atoms with van der Waals surface area (Å²) in [6, 6.07) is 3.90. The van der Waals surface area contributed by atoms with Crippen LogP contribution in [0.25, 0.3) is 0 Å². The lowest BCUT2D eigenvalue weighted by molar-refractivity contribution is 0.902. The Morgan fingerprint density at radius 1 is 1.42 bits per heavy atom. The fourth-order valence-electron chi connectivity index (χ4n) is 1.88. The molecule has 2 N–H and O–H groups in total. The fourth-order valence-corrected chi connectivity index (χ4v) is 1.88. The van der Waals surface area contributed by atoms with E-state index in [4.69, 9.17) is 0 Å². The van der Waals surface area contributed by atoms with Crippen molar-refractivity contribution in [2.45, 2.75) is 25.7 Å². The van der Waals surface area contributed by atoms with Gasteiger partial charge in [-0.3, -0.25) is 5.10 Å². The zero-order valence-corrected chi connectivity index (χ0v) is 11.2. The Hall–Kier alpha value is -2.11. The Kier molecular flexibility index (Phi) is 3.06. The van der Waals surface area contributed by atoms with E-state index in [1.807, 2.05) is 18.0 Å². The minimum absolute atomic E-state index is 0.676. The summed E-state index contributed by atoms with van der Waals surface area (Å²) in [5, 5.41) is 10.5. The van der Waals surface area contributed by atoms with E-state index in [9.17, 15) is 0 Å². The van der Waals surface area contributed by atoms with Crippen LogP contribution in [0.2, 0.25) is 0 Å². The van der Waals surface area contributed by atoms with Crippen LogP contribution in [0.15, 0.2) is 18.3 Å². The predicted molar refractivity (Wildman–Crippen MR) is 74.8 cm³/mol. The lowest BCUT2D eigenvalue weighted by Crippen LogP contribution is -2.18. The molecule has 0 aliphatic heterocycles. The zero-order chi connectivity index (χ0) is 13.2. The first kappa shape index (κ1) is 12.0. The molecule has 0 amide bonds. The maximum Gasteiger partial charge on any atom is 0.226 e. The van der Waals surface area contributed by atoms with Gasteiger partial charge in [-0.15, -0.1) is 0 Å². The fraction of sp³-hybridized carbons (Fsp3) is 0.462. The first-order chi connectivity index (χ1) is 9.26. The van der Waals surface area contributed by atoms with Gasteiger partial charge in [0, 0.05) is 37.5 Å². The number of H-pyrrole nitrogens is 1. The maximum absolute atomic E-state index is 4.46. The van der Waals surface area contributed by atoms with Crippen molar-refractivity contribution < 1.29 is 0 Å². The van der Waals surface area contributed by atoms with Crippen molar-refractivity contribution in [1.82, 2.24) is 20.2 Å². The van der Waals surface area contributed by atoms with Crippen LogP contribution in [0.4, 0.5) is 17.6 Å². The van der Waals surface area contributed by atoms with Gasteiger partial charge in [0.25, 0.3) is 0 Å². The minimum Gasteiger partial charge on any atom is -0.344 e. The van der Waals surface area contributed by atoms with Crippen LogP contribution < -0.4 is 10.2 Å². The molecule has 3 rings (SSSR count). The predicted octanol–water partition coefficient (Wildman–Crippen LogP) is 2.28. The Bertz CT molecular complexity index is 560. The number of nitrogens with one attached hydrogen (secondary N) is 2. The molecule has 0 bridgehead atoms. The van der Waals surface area contributed by atoms with Crippen molar-refractivity contribution in [2.75, 3.05) is 23.8 Å². The van der Waals surface area contributed by atoms with E-state index in [-0.39, 0.29) is 0 Å². The van der Waals surface area contributed by atoms with Gasteiger partial charge in [0.2, 0.25) is 5.95 Å². The van der Waals surface area contributed by atoms with Gasteiger partial charge in [0.15, 0.2) is 5.82 Å². The van der Waals surface area contributed by atoms with Crippen LogP contribution in [0.5, 0.6) is 0 Å². The first-order valence-electron chi connectivity index (χ1n) is 6.62. The largest absolute Gasteiger partial charge is 0.344 e. The molecule has 2 aromatic heterocycles. The smallest absolute Gasteiger partial charge is 0.226 e. The van der Waals surface area contributed by atoms with Gasteiger partial charge in [0.05, 0.1) is 0 Å². The summed E-state index contributed by atoms with van der Waals surface area (Å²) >= 11 is 0. The zero-order valence-electron chi connectivity index (χ0n) is 11.2. The molecule has 1 aliphatic carbocycles. The first-order valence-corrected chi connectivity index (χ1v) is 6.62.